The first-order valence-electron chi connectivity index (χ1n) is 11.6. The molecule has 4 heterocycles. The van der Waals surface area contributed by atoms with E-state index >= 15 is 0 Å². The summed E-state index contributed by atoms with van der Waals surface area (Å²) in [6.07, 6.45) is -0.0809. The van der Waals surface area contributed by atoms with Crippen molar-refractivity contribution in [1.29, 1.82) is 0 Å². The van der Waals surface area contributed by atoms with Crippen molar-refractivity contribution in [2.75, 3.05) is 26.2 Å². The Labute approximate surface area is 209 Å². The number of nitrogens with one attached hydrogen (secondary N) is 2. The zero-order valence-electron chi connectivity index (χ0n) is 19.6. The first kappa shape index (κ1) is 26.1. The summed E-state index contributed by atoms with van der Waals surface area (Å²) in [6, 6.07) is 13.3. The number of ether oxygens (including phenoxy) is 1. The number of carbonyl (C=O) groups is 3. The van der Waals surface area contributed by atoms with Gasteiger partial charge in [-0.25, -0.2) is 4.79 Å². The van der Waals surface area contributed by atoms with Crippen LogP contribution in [0.15, 0.2) is 54.9 Å². The number of amides is 2. The molecule has 12 heteroatoms. The minimum absolute atomic E-state index is 0.0101. The molecule has 9 nitrogen and oxygen atoms in total. The van der Waals surface area contributed by atoms with Crippen molar-refractivity contribution in [2.24, 2.45) is 5.92 Å². The van der Waals surface area contributed by atoms with Crippen molar-refractivity contribution in [1.82, 2.24) is 20.2 Å². The molecule has 3 aromatic rings. The van der Waals surface area contributed by atoms with E-state index in [-0.39, 0.29) is 17.4 Å². The summed E-state index contributed by atoms with van der Waals surface area (Å²) in [7, 11) is 0. The third kappa shape index (κ3) is 5.91. The second kappa shape index (κ2) is 10.6. The molecule has 2 aliphatic rings. The Kier molecular flexibility index (Phi) is 7.48. The molecule has 2 saturated heterocycles. The van der Waals surface area contributed by atoms with E-state index in [0.29, 0.717) is 43.4 Å². The Bertz CT molecular complexity index is 1240. The van der Waals surface area contributed by atoms with Gasteiger partial charge >= 0.3 is 12.1 Å². The van der Waals surface area contributed by atoms with E-state index in [9.17, 15) is 22.8 Å². The quantitative estimate of drug-likeness (QED) is 0.476. The van der Waals surface area contributed by atoms with Crippen LogP contribution in [0, 0.1) is 5.92 Å². The number of rotatable bonds is 5. The van der Waals surface area contributed by atoms with Crippen LogP contribution in [0.3, 0.4) is 0 Å². The fourth-order valence-electron chi connectivity index (χ4n) is 4.60. The molecular weight excluding hydrogens is 493 g/mol. The maximum absolute atomic E-state index is 12.9. The molecule has 1 aromatic carbocycles. The molecule has 196 valence electrons. The molecule has 1 spiro atoms. The van der Waals surface area contributed by atoms with Gasteiger partial charge < -0.3 is 25.0 Å². The Morgan fingerprint density at radius 3 is 2.57 bits per heavy atom. The summed E-state index contributed by atoms with van der Waals surface area (Å²) in [5.74, 6) is -2.53. The number of halogens is 3. The van der Waals surface area contributed by atoms with Crippen LogP contribution >= 0.6 is 0 Å². The van der Waals surface area contributed by atoms with Gasteiger partial charge in [-0.3, -0.25) is 14.6 Å². The number of nitrogens with zero attached hydrogens (tertiary/aromatic N) is 2. The number of carboxylic acid groups (broad SMARTS) is 1. The van der Waals surface area contributed by atoms with E-state index in [0.717, 1.165) is 23.7 Å². The molecule has 0 radical (unpaired) electrons. The van der Waals surface area contributed by atoms with E-state index in [1.165, 1.54) is 0 Å². The highest BCUT2D eigenvalue weighted by Crippen LogP contribution is 2.42. The molecule has 3 N–H and O–H groups in total. The Morgan fingerprint density at radius 2 is 1.92 bits per heavy atom. The van der Waals surface area contributed by atoms with Crippen LogP contribution in [0.25, 0.3) is 10.9 Å². The van der Waals surface area contributed by atoms with Crippen molar-refractivity contribution < 1.29 is 37.4 Å². The lowest BCUT2D eigenvalue weighted by atomic mass is 9.78. The highest BCUT2D eigenvalue weighted by molar-refractivity contribution is 5.98. The summed E-state index contributed by atoms with van der Waals surface area (Å²) in [6.45, 7) is 2.49. The summed E-state index contributed by atoms with van der Waals surface area (Å²) in [4.78, 5) is 43.0. The largest absolute Gasteiger partial charge is 0.490 e. The number of fused-ring (bicyclic) bond motifs is 1. The normalized spacial score (nSPS) is 18.1. The topological polar surface area (TPSA) is 125 Å². The number of aliphatic carboxylic acids is 1. The molecule has 1 atom stereocenters. The van der Waals surface area contributed by atoms with Crippen LogP contribution in [0.2, 0.25) is 0 Å². The molecule has 2 aliphatic heterocycles. The molecule has 2 aromatic heterocycles. The number of benzene rings is 1. The van der Waals surface area contributed by atoms with Gasteiger partial charge in [0.05, 0.1) is 18.7 Å². The van der Waals surface area contributed by atoms with Gasteiger partial charge in [0.25, 0.3) is 11.8 Å². The molecule has 1 unspecified atom stereocenters. The standard InChI is InChI=1S/C23H24N4O3.C2HF3O2/c28-21(17-5-3-9-24-13-17)25-10-7-18-8-11-30-23(18)14-27(15-23)22(29)20-12-16-4-1-2-6-19(16)26-20;3-2(4,5)1(6)7/h1-6,9,12-13,18,26H,7-8,10-11,14-15H2,(H,25,28);(H,6,7). The van der Waals surface area contributed by atoms with Crippen LogP contribution in [-0.4, -0.2) is 75.8 Å². The van der Waals surface area contributed by atoms with E-state index < -0.39 is 12.1 Å². The van der Waals surface area contributed by atoms with Crippen LogP contribution in [0.1, 0.15) is 33.7 Å². The number of hydrogen-bond acceptors (Lipinski definition) is 5. The number of likely N-dealkylation sites (tertiary alicyclic amines) is 1. The number of pyridine rings is 1. The number of alkyl halides is 3. The Hall–Kier alpha value is -3.93. The fraction of sp³-hybridized carbons (Fsp3) is 0.360. The number of para-hydroxylation sites is 1. The number of carboxylic acids is 1. The second-order valence-electron chi connectivity index (χ2n) is 8.92. The van der Waals surface area contributed by atoms with E-state index in [1.807, 2.05) is 35.2 Å². The summed E-state index contributed by atoms with van der Waals surface area (Å²) in [5.41, 5.74) is 1.87. The predicted octanol–water partition coefficient (Wildman–Crippen LogP) is 3.25. The maximum atomic E-state index is 12.9. The highest BCUT2D eigenvalue weighted by atomic mass is 19.4. The number of carbonyl (C=O) groups excluding carboxylic acids is 2. The van der Waals surface area contributed by atoms with Crippen molar-refractivity contribution in [3.05, 3.63) is 66.1 Å². The van der Waals surface area contributed by atoms with Gasteiger partial charge in [0, 0.05) is 36.4 Å². The monoisotopic (exact) mass is 518 g/mol. The first-order valence-corrected chi connectivity index (χ1v) is 11.6. The lowest BCUT2D eigenvalue weighted by Gasteiger charge is -2.50. The SMILES string of the molecule is O=C(NCCC1CCOC12CN(C(=O)c1cc3ccccc3[nH]1)C2)c1cccnc1.O=C(O)C(F)(F)F. The van der Waals surface area contributed by atoms with E-state index in [2.05, 4.69) is 15.3 Å². The third-order valence-corrected chi connectivity index (χ3v) is 6.51. The lowest BCUT2D eigenvalue weighted by molar-refractivity contribution is -0.192. The second-order valence-corrected chi connectivity index (χ2v) is 8.92. The van der Waals surface area contributed by atoms with Crippen molar-refractivity contribution >= 4 is 28.7 Å². The number of H-pyrrole nitrogens is 1. The average Bonchev–Trinajstić information content (AvgIpc) is 3.47. The van der Waals surface area contributed by atoms with Gasteiger partial charge in [0.1, 0.15) is 11.3 Å². The lowest BCUT2D eigenvalue weighted by Crippen LogP contribution is -2.66. The molecule has 5 rings (SSSR count). The molecule has 2 amide bonds. The summed E-state index contributed by atoms with van der Waals surface area (Å²) < 4.78 is 37.8. The Morgan fingerprint density at radius 1 is 1.19 bits per heavy atom. The molecule has 0 bridgehead atoms. The van der Waals surface area contributed by atoms with Crippen molar-refractivity contribution in [3.63, 3.8) is 0 Å². The minimum Gasteiger partial charge on any atom is -0.475 e. The smallest absolute Gasteiger partial charge is 0.475 e. The molecule has 2 fully saturated rings. The Balaban J connectivity index is 0.000000405. The highest BCUT2D eigenvalue weighted by Gasteiger charge is 2.54. The van der Waals surface area contributed by atoms with Gasteiger partial charge in [-0.15, -0.1) is 0 Å². The first-order chi connectivity index (χ1) is 17.6. The maximum Gasteiger partial charge on any atom is 0.490 e. The van der Waals surface area contributed by atoms with Crippen LogP contribution in [0.5, 0.6) is 0 Å². The summed E-state index contributed by atoms with van der Waals surface area (Å²) >= 11 is 0. The predicted molar refractivity (Wildman–Crippen MR) is 126 cm³/mol. The molecule has 37 heavy (non-hydrogen) atoms. The zero-order valence-corrected chi connectivity index (χ0v) is 19.6. The van der Waals surface area contributed by atoms with E-state index in [4.69, 9.17) is 14.6 Å². The average molecular weight is 518 g/mol. The van der Waals surface area contributed by atoms with Crippen molar-refractivity contribution in [3.8, 4) is 0 Å². The third-order valence-electron chi connectivity index (χ3n) is 6.51. The van der Waals surface area contributed by atoms with Gasteiger partial charge in [0.15, 0.2) is 0 Å². The molecule has 0 saturated carbocycles. The van der Waals surface area contributed by atoms with Crippen LogP contribution < -0.4 is 5.32 Å². The van der Waals surface area contributed by atoms with E-state index in [1.54, 1.807) is 24.5 Å². The fourth-order valence-corrected chi connectivity index (χ4v) is 4.60. The van der Waals surface area contributed by atoms with Gasteiger partial charge in [-0.05, 0) is 43.0 Å². The van der Waals surface area contributed by atoms with Crippen LogP contribution in [-0.2, 0) is 9.53 Å². The summed E-state index contributed by atoms with van der Waals surface area (Å²) in [5, 5.41) is 11.1. The zero-order chi connectivity index (χ0) is 26.6. The van der Waals surface area contributed by atoms with Crippen LogP contribution in [0.4, 0.5) is 13.2 Å². The van der Waals surface area contributed by atoms with Crippen molar-refractivity contribution in [2.45, 2.75) is 24.6 Å². The number of hydrogen-bond donors (Lipinski definition) is 3. The minimum atomic E-state index is -5.08. The number of aromatic nitrogens is 2. The van der Waals surface area contributed by atoms with Gasteiger partial charge in [-0.2, -0.15) is 13.2 Å². The molecule has 0 aliphatic carbocycles. The number of aromatic amines is 1. The van der Waals surface area contributed by atoms with Gasteiger partial charge in [0.2, 0.25) is 0 Å². The van der Waals surface area contributed by atoms with Gasteiger partial charge in [-0.1, -0.05) is 18.2 Å². The molecular formula is C25H25F3N4O5.